The van der Waals surface area contributed by atoms with Crippen LogP contribution in [0.4, 0.5) is 0 Å². The lowest BCUT2D eigenvalue weighted by Crippen LogP contribution is -2.11. The summed E-state index contributed by atoms with van der Waals surface area (Å²) in [5, 5.41) is 8.66. The minimum atomic E-state index is -0.0658. The fourth-order valence-corrected chi connectivity index (χ4v) is 1.18. The largest absolute Gasteiger partial charge is 0.396 e. The molecule has 12 heavy (non-hydrogen) atoms. The molecule has 0 aromatic heterocycles. The number of benzene rings is 1. The first kappa shape index (κ1) is 9.58. The van der Waals surface area contributed by atoms with Crippen molar-refractivity contribution in [3.05, 3.63) is 29.8 Å². The van der Waals surface area contributed by atoms with Crippen molar-refractivity contribution in [3.8, 4) is 0 Å². The molecule has 3 heteroatoms. The molecule has 0 saturated carbocycles. The molecular weight excluding hydrogens is 170 g/mol. The Hall–Kier alpha value is -0.510. The second-order valence-electron chi connectivity index (χ2n) is 2.71. The van der Waals surface area contributed by atoms with E-state index in [4.69, 9.17) is 10.8 Å². The molecule has 66 valence electrons. The van der Waals surface area contributed by atoms with Gasteiger partial charge in [0.05, 0.1) is 0 Å². The van der Waals surface area contributed by atoms with E-state index in [1.165, 1.54) is 0 Å². The van der Waals surface area contributed by atoms with Crippen molar-refractivity contribution < 1.29 is 5.11 Å². The van der Waals surface area contributed by atoms with Crippen LogP contribution >= 0.6 is 12.6 Å². The zero-order valence-electron chi connectivity index (χ0n) is 6.77. The molecule has 3 N–H and O–H groups in total. The first-order valence-electron chi connectivity index (χ1n) is 3.89. The average molecular weight is 183 g/mol. The Kier molecular flexibility index (Phi) is 3.59. The maximum atomic E-state index is 8.66. The van der Waals surface area contributed by atoms with E-state index in [-0.39, 0.29) is 12.6 Å². The van der Waals surface area contributed by atoms with E-state index < -0.39 is 0 Å². The number of thiol groups is 1. The number of aliphatic hydroxyl groups excluding tert-OH is 1. The summed E-state index contributed by atoms with van der Waals surface area (Å²) in [6.45, 7) is 0.129. The van der Waals surface area contributed by atoms with Crippen molar-refractivity contribution in [3.63, 3.8) is 0 Å². The first-order chi connectivity index (χ1) is 5.74. The average Bonchev–Trinajstić information content (AvgIpc) is 2.06. The van der Waals surface area contributed by atoms with E-state index in [0.717, 1.165) is 10.5 Å². The molecule has 0 unspecified atom stereocenters. The lowest BCUT2D eigenvalue weighted by molar-refractivity contribution is 0.276. The van der Waals surface area contributed by atoms with Crippen LogP contribution in [0.1, 0.15) is 18.0 Å². The molecule has 1 aromatic rings. The molecule has 0 aliphatic carbocycles. The van der Waals surface area contributed by atoms with Crippen LogP contribution in [-0.2, 0) is 0 Å². The Bertz CT molecular complexity index is 235. The molecule has 2 nitrogen and oxygen atoms in total. The van der Waals surface area contributed by atoms with Gasteiger partial charge in [-0.3, -0.25) is 0 Å². The summed E-state index contributed by atoms with van der Waals surface area (Å²) in [4.78, 5) is 0.926. The fourth-order valence-electron chi connectivity index (χ4n) is 1.03. The molecular formula is C9H13NOS. The van der Waals surface area contributed by atoms with Gasteiger partial charge in [-0.05, 0) is 24.1 Å². The van der Waals surface area contributed by atoms with Gasteiger partial charge in [0.15, 0.2) is 0 Å². The molecule has 0 saturated heterocycles. The molecule has 0 aliphatic heterocycles. The predicted molar refractivity (Wildman–Crippen MR) is 52.3 cm³/mol. The summed E-state index contributed by atoms with van der Waals surface area (Å²) >= 11 is 4.16. The molecule has 0 heterocycles. The van der Waals surface area contributed by atoms with E-state index in [1.807, 2.05) is 24.3 Å². The Morgan fingerprint density at radius 1 is 1.33 bits per heavy atom. The van der Waals surface area contributed by atoms with Crippen molar-refractivity contribution in [2.45, 2.75) is 17.4 Å². The summed E-state index contributed by atoms with van der Waals surface area (Å²) < 4.78 is 0. The maximum absolute atomic E-state index is 8.66. The van der Waals surface area contributed by atoms with Crippen LogP contribution in [0, 0.1) is 0 Å². The van der Waals surface area contributed by atoms with Gasteiger partial charge in [0.1, 0.15) is 0 Å². The van der Waals surface area contributed by atoms with E-state index in [0.29, 0.717) is 6.42 Å². The molecule has 0 fully saturated rings. The van der Waals surface area contributed by atoms with Crippen LogP contribution in [0.5, 0.6) is 0 Å². The molecule has 0 aliphatic rings. The molecule has 1 rings (SSSR count). The predicted octanol–water partition coefficient (Wildman–Crippen LogP) is 1.36. The number of hydrogen-bond acceptors (Lipinski definition) is 3. The van der Waals surface area contributed by atoms with Crippen LogP contribution in [0.2, 0.25) is 0 Å². The van der Waals surface area contributed by atoms with Crippen molar-refractivity contribution in [1.82, 2.24) is 0 Å². The molecule has 0 bridgehead atoms. The second kappa shape index (κ2) is 4.50. The first-order valence-corrected chi connectivity index (χ1v) is 4.34. The van der Waals surface area contributed by atoms with Gasteiger partial charge in [0.25, 0.3) is 0 Å². The van der Waals surface area contributed by atoms with Crippen LogP contribution in [0.15, 0.2) is 29.2 Å². The number of nitrogens with two attached hydrogens (primary N) is 1. The number of rotatable bonds is 3. The van der Waals surface area contributed by atoms with E-state index in [1.54, 1.807) is 0 Å². The Labute approximate surface area is 77.8 Å². The molecule has 0 amide bonds. The van der Waals surface area contributed by atoms with E-state index in [2.05, 4.69) is 12.6 Å². The van der Waals surface area contributed by atoms with Gasteiger partial charge in [0.2, 0.25) is 0 Å². The minimum absolute atomic E-state index is 0.0658. The zero-order chi connectivity index (χ0) is 8.97. The van der Waals surface area contributed by atoms with Gasteiger partial charge < -0.3 is 10.8 Å². The smallest absolute Gasteiger partial charge is 0.0449 e. The van der Waals surface area contributed by atoms with Crippen LogP contribution in [0.3, 0.4) is 0 Å². The lowest BCUT2D eigenvalue weighted by atomic mass is 10.1. The monoisotopic (exact) mass is 183 g/mol. The highest BCUT2D eigenvalue weighted by molar-refractivity contribution is 7.80. The van der Waals surface area contributed by atoms with E-state index >= 15 is 0 Å². The standard InChI is InChI=1S/C9H13NOS/c10-9(5-6-11)7-1-3-8(12)4-2-7/h1-4,9,11-12H,5-6,10H2/t9-/m1/s1. The number of hydrogen-bond donors (Lipinski definition) is 3. The zero-order valence-corrected chi connectivity index (χ0v) is 7.67. The SMILES string of the molecule is N[C@H](CCO)c1ccc(S)cc1. The Balaban J connectivity index is 2.68. The summed E-state index contributed by atoms with van der Waals surface area (Å²) in [5.74, 6) is 0. The third kappa shape index (κ3) is 2.52. The van der Waals surface area contributed by atoms with Gasteiger partial charge in [0, 0.05) is 17.5 Å². The third-order valence-electron chi connectivity index (χ3n) is 1.76. The Morgan fingerprint density at radius 3 is 2.42 bits per heavy atom. The third-order valence-corrected chi connectivity index (χ3v) is 2.06. The fraction of sp³-hybridized carbons (Fsp3) is 0.333. The van der Waals surface area contributed by atoms with Crippen LogP contribution in [-0.4, -0.2) is 11.7 Å². The van der Waals surface area contributed by atoms with Gasteiger partial charge >= 0.3 is 0 Å². The molecule has 0 radical (unpaired) electrons. The van der Waals surface area contributed by atoms with Gasteiger partial charge in [-0.1, -0.05) is 12.1 Å². The highest BCUT2D eigenvalue weighted by atomic mass is 32.1. The summed E-state index contributed by atoms with van der Waals surface area (Å²) in [6, 6.07) is 7.60. The van der Waals surface area contributed by atoms with Crippen LogP contribution < -0.4 is 5.73 Å². The van der Waals surface area contributed by atoms with Crippen molar-refractivity contribution in [2.75, 3.05) is 6.61 Å². The topological polar surface area (TPSA) is 46.2 Å². The van der Waals surface area contributed by atoms with Gasteiger partial charge in [-0.25, -0.2) is 0 Å². The van der Waals surface area contributed by atoms with Gasteiger partial charge in [-0.15, -0.1) is 12.6 Å². The number of aliphatic hydroxyl groups is 1. The van der Waals surface area contributed by atoms with Gasteiger partial charge in [-0.2, -0.15) is 0 Å². The highest BCUT2D eigenvalue weighted by Crippen LogP contribution is 2.15. The second-order valence-corrected chi connectivity index (χ2v) is 3.23. The van der Waals surface area contributed by atoms with Crippen molar-refractivity contribution in [2.24, 2.45) is 5.73 Å². The summed E-state index contributed by atoms with van der Waals surface area (Å²) in [7, 11) is 0. The lowest BCUT2D eigenvalue weighted by Gasteiger charge is -2.09. The van der Waals surface area contributed by atoms with Crippen LogP contribution in [0.25, 0.3) is 0 Å². The molecule has 0 spiro atoms. The normalized spacial score (nSPS) is 12.9. The maximum Gasteiger partial charge on any atom is 0.0449 e. The minimum Gasteiger partial charge on any atom is -0.396 e. The van der Waals surface area contributed by atoms with Crippen molar-refractivity contribution in [1.29, 1.82) is 0 Å². The summed E-state index contributed by atoms with van der Waals surface area (Å²) in [5.41, 5.74) is 6.81. The quantitative estimate of drug-likeness (QED) is 0.620. The molecule has 1 atom stereocenters. The van der Waals surface area contributed by atoms with E-state index in [9.17, 15) is 0 Å². The molecule has 1 aromatic carbocycles. The Morgan fingerprint density at radius 2 is 1.92 bits per heavy atom. The summed E-state index contributed by atoms with van der Waals surface area (Å²) in [6.07, 6.45) is 0.603. The highest BCUT2D eigenvalue weighted by Gasteiger charge is 2.03. The van der Waals surface area contributed by atoms with Crippen molar-refractivity contribution >= 4 is 12.6 Å².